The predicted molar refractivity (Wildman–Crippen MR) is 65.6 cm³/mol. The molecular formula is C13H17N3. The minimum Gasteiger partial charge on any atom is -0.360 e. The highest BCUT2D eigenvalue weighted by Crippen LogP contribution is 2.31. The Morgan fingerprint density at radius 2 is 2.19 bits per heavy atom. The number of hydrogen-bond acceptors (Lipinski definition) is 2. The van der Waals surface area contributed by atoms with Crippen molar-refractivity contribution in [1.82, 2.24) is 14.9 Å². The van der Waals surface area contributed by atoms with Crippen LogP contribution in [0.5, 0.6) is 0 Å². The summed E-state index contributed by atoms with van der Waals surface area (Å²) in [6.45, 7) is 2.40. The average molecular weight is 215 g/mol. The van der Waals surface area contributed by atoms with Crippen molar-refractivity contribution in [2.24, 2.45) is 0 Å². The van der Waals surface area contributed by atoms with Crippen LogP contribution in [0.25, 0.3) is 11.0 Å². The van der Waals surface area contributed by atoms with Crippen LogP contribution in [-0.2, 0) is 0 Å². The summed E-state index contributed by atoms with van der Waals surface area (Å²) in [4.78, 5) is 10.2. The number of pyridine rings is 1. The second kappa shape index (κ2) is 3.91. The molecule has 3 nitrogen and oxygen atoms in total. The second-order valence-corrected chi connectivity index (χ2v) is 4.72. The standard InChI is InChI=1S/C13H17N3/c1-16-7-4-10(5-8-16)11-9-15-12-3-2-6-14-13(11)12/h2-3,6,9-10,15H,4-5,7-8H2,1H3. The Bertz CT molecular complexity index is 481. The van der Waals surface area contributed by atoms with E-state index in [0.717, 1.165) is 11.0 Å². The molecule has 0 amide bonds. The average Bonchev–Trinajstić information content (AvgIpc) is 2.74. The van der Waals surface area contributed by atoms with Crippen LogP contribution in [0.1, 0.15) is 24.3 Å². The second-order valence-electron chi connectivity index (χ2n) is 4.72. The smallest absolute Gasteiger partial charge is 0.0913 e. The van der Waals surface area contributed by atoms with Crippen molar-refractivity contribution in [3.8, 4) is 0 Å². The normalized spacial score (nSPS) is 19.3. The molecule has 1 saturated heterocycles. The SMILES string of the molecule is CN1CCC(c2c[nH]c3cccnc23)CC1. The monoisotopic (exact) mass is 215 g/mol. The van der Waals surface area contributed by atoms with Crippen molar-refractivity contribution in [3.63, 3.8) is 0 Å². The van der Waals surface area contributed by atoms with Gasteiger partial charge in [0, 0.05) is 12.4 Å². The van der Waals surface area contributed by atoms with Gasteiger partial charge in [0.15, 0.2) is 0 Å². The first kappa shape index (κ1) is 9.85. The number of nitrogens with zero attached hydrogens (tertiary/aromatic N) is 2. The van der Waals surface area contributed by atoms with Crippen molar-refractivity contribution in [2.45, 2.75) is 18.8 Å². The minimum atomic E-state index is 0.680. The first-order valence-corrected chi connectivity index (χ1v) is 5.95. The van der Waals surface area contributed by atoms with E-state index in [1.165, 1.54) is 31.5 Å². The molecule has 84 valence electrons. The molecule has 0 bridgehead atoms. The van der Waals surface area contributed by atoms with Gasteiger partial charge in [0.2, 0.25) is 0 Å². The first-order valence-electron chi connectivity index (χ1n) is 5.95. The van der Waals surface area contributed by atoms with E-state index < -0.39 is 0 Å². The van der Waals surface area contributed by atoms with E-state index in [1.807, 2.05) is 12.3 Å². The fourth-order valence-electron chi connectivity index (χ4n) is 2.61. The molecule has 3 heteroatoms. The largest absolute Gasteiger partial charge is 0.360 e. The fourth-order valence-corrected chi connectivity index (χ4v) is 2.61. The molecule has 1 N–H and O–H groups in total. The van der Waals surface area contributed by atoms with Crippen molar-refractivity contribution in [3.05, 3.63) is 30.1 Å². The highest BCUT2D eigenvalue weighted by Gasteiger charge is 2.21. The number of H-pyrrole nitrogens is 1. The van der Waals surface area contributed by atoms with Gasteiger partial charge in [0.1, 0.15) is 0 Å². The van der Waals surface area contributed by atoms with E-state index in [9.17, 15) is 0 Å². The zero-order valence-electron chi connectivity index (χ0n) is 9.61. The Morgan fingerprint density at radius 1 is 1.38 bits per heavy atom. The molecule has 16 heavy (non-hydrogen) atoms. The van der Waals surface area contributed by atoms with Crippen LogP contribution in [0.4, 0.5) is 0 Å². The fraction of sp³-hybridized carbons (Fsp3) is 0.462. The highest BCUT2D eigenvalue weighted by atomic mass is 15.1. The number of piperidine rings is 1. The van der Waals surface area contributed by atoms with E-state index in [-0.39, 0.29) is 0 Å². The van der Waals surface area contributed by atoms with Crippen LogP contribution in [0.2, 0.25) is 0 Å². The summed E-state index contributed by atoms with van der Waals surface area (Å²) in [5.74, 6) is 0.680. The molecule has 0 unspecified atom stereocenters. The first-order chi connectivity index (χ1) is 7.84. The van der Waals surface area contributed by atoms with Crippen molar-refractivity contribution < 1.29 is 0 Å². The lowest BCUT2D eigenvalue weighted by Crippen LogP contribution is -2.29. The Kier molecular flexibility index (Phi) is 2.40. The van der Waals surface area contributed by atoms with E-state index in [4.69, 9.17) is 0 Å². The lowest BCUT2D eigenvalue weighted by molar-refractivity contribution is 0.256. The van der Waals surface area contributed by atoms with Crippen LogP contribution >= 0.6 is 0 Å². The predicted octanol–water partition coefficient (Wildman–Crippen LogP) is 2.37. The van der Waals surface area contributed by atoms with Crippen LogP contribution in [-0.4, -0.2) is 35.0 Å². The van der Waals surface area contributed by atoms with Crippen LogP contribution in [0, 0.1) is 0 Å². The lowest BCUT2D eigenvalue weighted by Gasteiger charge is -2.28. The maximum atomic E-state index is 4.49. The number of aromatic nitrogens is 2. The molecule has 2 aromatic heterocycles. The molecule has 0 aromatic carbocycles. The zero-order valence-corrected chi connectivity index (χ0v) is 9.61. The molecule has 2 aromatic rings. The number of aromatic amines is 1. The molecule has 0 saturated carbocycles. The summed E-state index contributed by atoms with van der Waals surface area (Å²) in [5.41, 5.74) is 3.73. The molecular weight excluding hydrogens is 198 g/mol. The topological polar surface area (TPSA) is 31.9 Å². The van der Waals surface area contributed by atoms with Gasteiger partial charge in [0.25, 0.3) is 0 Å². The zero-order chi connectivity index (χ0) is 11.0. The molecule has 0 spiro atoms. The van der Waals surface area contributed by atoms with Gasteiger partial charge >= 0.3 is 0 Å². The molecule has 0 atom stereocenters. The molecule has 3 rings (SSSR count). The quantitative estimate of drug-likeness (QED) is 0.792. The van der Waals surface area contributed by atoms with Gasteiger partial charge in [-0.2, -0.15) is 0 Å². The third kappa shape index (κ3) is 1.61. The summed E-state index contributed by atoms with van der Waals surface area (Å²) in [6.07, 6.45) is 6.53. The lowest BCUT2D eigenvalue weighted by atomic mass is 9.91. The Labute approximate surface area is 95.5 Å². The number of nitrogens with one attached hydrogen (secondary N) is 1. The third-order valence-corrected chi connectivity index (χ3v) is 3.62. The third-order valence-electron chi connectivity index (χ3n) is 3.62. The van der Waals surface area contributed by atoms with Crippen LogP contribution < -0.4 is 0 Å². The molecule has 1 aliphatic rings. The molecule has 1 aliphatic heterocycles. The van der Waals surface area contributed by atoms with Gasteiger partial charge in [-0.25, -0.2) is 0 Å². The summed E-state index contributed by atoms with van der Waals surface area (Å²) >= 11 is 0. The van der Waals surface area contributed by atoms with Gasteiger partial charge in [-0.3, -0.25) is 4.98 Å². The molecule has 0 radical (unpaired) electrons. The minimum absolute atomic E-state index is 0.680. The number of rotatable bonds is 1. The molecule has 3 heterocycles. The Balaban J connectivity index is 1.94. The summed E-state index contributed by atoms with van der Waals surface area (Å²) in [7, 11) is 2.20. The summed E-state index contributed by atoms with van der Waals surface area (Å²) < 4.78 is 0. The van der Waals surface area contributed by atoms with Gasteiger partial charge in [-0.15, -0.1) is 0 Å². The number of hydrogen-bond donors (Lipinski definition) is 1. The van der Waals surface area contributed by atoms with Crippen LogP contribution in [0.3, 0.4) is 0 Å². The van der Waals surface area contributed by atoms with E-state index in [2.05, 4.69) is 34.2 Å². The number of fused-ring (bicyclic) bond motifs is 1. The van der Waals surface area contributed by atoms with Crippen molar-refractivity contribution >= 4 is 11.0 Å². The van der Waals surface area contributed by atoms with Gasteiger partial charge in [0.05, 0.1) is 11.0 Å². The number of likely N-dealkylation sites (tertiary alicyclic amines) is 1. The van der Waals surface area contributed by atoms with Gasteiger partial charge < -0.3 is 9.88 Å². The Hall–Kier alpha value is -1.35. The maximum absolute atomic E-state index is 4.49. The van der Waals surface area contributed by atoms with Gasteiger partial charge in [-0.1, -0.05) is 0 Å². The molecule has 1 fully saturated rings. The summed E-state index contributed by atoms with van der Waals surface area (Å²) in [6, 6.07) is 4.08. The van der Waals surface area contributed by atoms with Crippen molar-refractivity contribution in [2.75, 3.05) is 20.1 Å². The van der Waals surface area contributed by atoms with E-state index in [0.29, 0.717) is 5.92 Å². The van der Waals surface area contributed by atoms with E-state index >= 15 is 0 Å². The van der Waals surface area contributed by atoms with E-state index in [1.54, 1.807) is 0 Å². The summed E-state index contributed by atoms with van der Waals surface area (Å²) in [5, 5.41) is 0. The van der Waals surface area contributed by atoms with Crippen molar-refractivity contribution in [1.29, 1.82) is 0 Å². The maximum Gasteiger partial charge on any atom is 0.0913 e. The van der Waals surface area contributed by atoms with Crippen LogP contribution in [0.15, 0.2) is 24.5 Å². The highest BCUT2D eigenvalue weighted by molar-refractivity contribution is 5.79. The van der Waals surface area contributed by atoms with Gasteiger partial charge in [-0.05, 0) is 56.6 Å². The Morgan fingerprint density at radius 3 is 3.00 bits per heavy atom. The molecule has 0 aliphatic carbocycles.